The lowest BCUT2D eigenvalue weighted by Crippen LogP contribution is -2.60. The van der Waals surface area contributed by atoms with Gasteiger partial charge in [0.05, 0.1) is 23.7 Å². The molecule has 19 heavy (non-hydrogen) atoms. The first-order valence-corrected chi connectivity index (χ1v) is 7.13. The van der Waals surface area contributed by atoms with Crippen LogP contribution in [-0.4, -0.2) is 18.0 Å². The highest BCUT2D eigenvalue weighted by Crippen LogP contribution is 2.55. The number of hydrogen-bond acceptors (Lipinski definition) is 3. The Labute approximate surface area is 115 Å². The molecule has 4 atom stereocenters. The molecule has 104 valence electrons. The topological polar surface area (TPSA) is 50.1 Å². The summed E-state index contributed by atoms with van der Waals surface area (Å²) < 4.78 is 6.16. The Hall–Kier alpha value is -1.14. The van der Waals surface area contributed by atoms with Gasteiger partial charge in [-0.3, -0.25) is 4.79 Å². The van der Waals surface area contributed by atoms with Gasteiger partial charge in [0, 0.05) is 0 Å². The third-order valence-corrected chi connectivity index (χ3v) is 5.13. The van der Waals surface area contributed by atoms with Crippen LogP contribution in [0, 0.1) is 28.1 Å². The van der Waals surface area contributed by atoms with Crippen LogP contribution in [0.1, 0.15) is 46.5 Å². The summed E-state index contributed by atoms with van der Waals surface area (Å²) in [4.78, 5) is 12.5. The second-order valence-corrected chi connectivity index (χ2v) is 6.52. The molecule has 2 aliphatic rings. The normalized spacial score (nSPS) is 41.2. The number of nitrogens with zero attached hydrogens (tertiary/aromatic N) is 1. The predicted molar refractivity (Wildman–Crippen MR) is 73.3 cm³/mol. The molecule has 0 amide bonds. The number of fused-ring (bicyclic) bond motifs is 1. The summed E-state index contributed by atoms with van der Waals surface area (Å²) in [6.07, 6.45) is 5.33. The molecule has 2 fully saturated rings. The van der Waals surface area contributed by atoms with Crippen molar-refractivity contribution < 1.29 is 9.53 Å². The summed E-state index contributed by atoms with van der Waals surface area (Å²) in [6, 6.07) is 2.20. The SMILES string of the molecule is C=CC1CCC2(CC)CC(C#N)C(=O)C(C)(C)[C@@H]2O1. The van der Waals surface area contributed by atoms with Gasteiger partial charge < -0.3 is 4.74 Å². The molecule has 1 aliphatic heterocycles. The van der Waals surface area contributed by atoms with Crippen LogP contribution in [0.25, 0.3) is 0 Å². The van der Waals surface area contributed by atoms with Crippen LogP contribution in [0.3, 0.4) is 0 Å². The molecule has 3 nitrogen and oxygen atoms in total. The van der Waals surface area contributed by atoms with Crippen molar-refractivity contribution >= 4 is 5.78 Å². The number of ketones is 1. The third kappa shape index (κ3) is 2.03. The van der Waals surface area contributed by atoms with Crippen LogP contribution >= 0.6 is 0 Å². The van der Waals surface area contributed by atoms with Gasteiger partial charge in [0.1, 0.15) is 5.92 Å². The first-order chi connectivity index (χ1) is 8.91. The molecule has 0 bridgehead atoms. The lowest BCUT2D eigenvalue weighted by Gasteiger charge is -2.55. The van der Waals surface area contributed by atoms with Gasteiger partial charge in [0.2, 0.25) is 0 Å². The maximum Gasteiger partial charge on any atom is 0.158 e. The summed E-state index contributed by atoms with van der Waals surface area (Å²) in [7, 11) is 0. The summed E-state index contributed by atoms with van der Waals surface area (Å²) in [5.74, 6) is -0.441. The van der Waals surface area contributed by atoms with Gasteiger partial charge >= 0.3 is 0 Å². The van der Waals surface area contributed by atoms with E-state index >= 15 is 0 Å². The van der Waals surface area contributed by atoms with E-state index in [1.807, 2.05) is 19.9 Å². The fourth-order valence-corrected chi connectivity index (χ4v) is 3.95. The molecule has 3 unspecified atom stereocenters. The van der Waals surface area contributed by atoms with Crippen LogP contribution in [0.5, 0.6) is 0 Å². The summed E-state index contributed by atoms with van der Waals surface area (Å²) >= 11 is 0. The van der Waals surface area contributed by atoms with E-state index < -0.39 is 11.3 Å². The average molecular weight is 261 g/mol. The average Bonchev–Trinajstić information content (AvgIpc) is 2.42. The second-order valence-electron chi connectivity index (χ2n) is 6.52. The Morgan fingerprint density at radius 3 is 2.79 bits per heavy atom. The number of ether oxygens (including phenoxy) is 1. The Morgan fingerprint density at radius 2 is 2.26 bits per heavy atom. The van der Waals surface area contributed by atoms with E-state index in [-0.39, 0.29) is 23.4 Å². The van der Waals surface area contributed by atoms with Crippen molar-refractivity contribution in [1.82, 2.24) is 0 Å². The van der Waals surface area contributed by atoms with E-state index in [0.29, 0.717) is 6.42 Å². The molecule has 0 N–H and O–H groups in total. The highest BCUT2D eigenvalue weighted by Gasteiger charge is 2.58. The van der Waals surface area contributed by atoms with Gasteiger partial charge in [-0.2, -0.15) is 5.26 Å². The Morgan fingerprint density at radius 1 is 1.58 bits per heavy atom. The van der Waals surface area contributed by atoms with E-state index in [2.05, 4.69) is 19.6 Å². The van der Waals surface area contributed by atoms with E-state index in [0.717, 1.165) is 19.3 Å². The van der Waals surface area contributed by atoms with Crippen LogP contribution < -0.4 is 0 Å². The highest BCUT2D eigenvalue weighted by atomic mass is 16.5. The standard InChI is InChI=1S/C16H23NO2/c1-5-12-7-8-16(6-2)9-11(10-17)13(18)15(3,4)14(16)19-12/h5,11-12,14H,1,6-9H2,2-4H3/t11?,12?,14-,16?/m0/s1. The smallest absolute Gasteiger partial charge is 0.158 e. The minimum Gasteiger partial charge on any atom is -0.369 e. The van der Waals surface area contributed by atoms with Crippen LogP contribution in [0.15, 0.2) is 12.7 Å². The number of nitriles is 1. The lowest BCUT2D eigenvalue weighted by atomic mass is 9.54. The maximum atomic E-state index is 12.5. The van der Waals surface area contributed by atoms with Crippen molar-refractivity contribution in [3.8, 4) is 6.07 Å². The van der Waals surface area contributed by atoms with Crippen molar-refractivity contribution in [3.05, 3.63) is 12.7 Å². The predicted octanol–water partition coefficient (Wildman–Crippen LogP) is 3.26. The Balaban J connectivity index is 2.42. The quantitative estimate of drug-likeness (QED) is 0.717. The van der Waals surface area contributed by atoms with Crippen molar-refractivity contribution in [2.75, 3.05) is 0 Å². The first kappa shape index (κ1) is 14.3. The van der Waals surface area contributed by atoms with Gasteiger partial charge in [-0.25, -0.2) is 0 Å². The molecule has 2 rings (SSSR count). The molecule has 1 saturated carbocycles. The highest BCUT2D eigenvalue weighted by molar-refractivity contribution is 5.90. The molecule has 1 saturated heterocycles. The Bertz CT molecular complexity index is 435. The summed E-state index contributed by atoms with van der Waals surface area (Å²) in [6.45, 7) is 9.81. The van der Waals surface area contributed by atoms with Crippen LogP contribution in [-0.2, 0) is 9.53 Å². The third-order valence-electron chi connectivity index (χ3n) is 5.13. The molecule has 0 radical (unpaired) electrons. The van der Waals surface area contributed by atoms with Gasteiger partial charge in [0.15, 0.2) is 5.78 Å². The number of Topliss-reactive ketones (excluding diaryl/α,β-unsaturated/α-hetero) is 1. The number of rotatable bonds is 2. The van der Waals surface area contributed by atoms with Crippen molar-refractivity contribution in [3.63, 3.8) is 0 Å². The molecule has 1 heterocycles. The summed E-state index contributed by atoms with van der Waals surface area (Å²) in [5, 5.41) is 9.26. The second kappa shape index (κ2) is 4.76. The minimum atomic E-state index is -0.587. The van der Waals surface area contributed by atoms with Crippen LogP contribution in [0.4, 0.5) is 0 Å². The van der Waals surface area contributed by atoms with Crippen molar-refractivity contribution in [1.29, 1.82) is 5.26 Å². The van der Waals surface area contributed by atoms with Crippen LogP contribution in [0.2, 0.25) is 0 Å². The lowest BCUT2D eigenvalue weighted by molar-refractivity contribution is -0.195. The van der Waals surface area contributed by atoms with Gasteiger partial charge in [-0.15, -0.1) is 6.58 Å². The Kier molecular flexibility index (Phi) is 3.57. The molecule has 0 aromatic carbocycles. The van der Waals surface area contributed by atoms with E-state index in [1.165, 1.54) is 0 Å². The largest absolute Gasteiger partial charge is 0.369 e. The van der Waals surface area contributed by atoms with Gasteiger partial charge in [-0.05, 0) is 31.1 Å². The minimum absolute atomic E-state index is 0.0304. The zero-order chi connectivity index (χ0) is 14.3. The molecular weight excluding hydrogens is 238 g/mol. The molecule has 3 heteroatoms. The zero-order valence-electron chi connectivity index (χ0n) is 12.1. The fourth-order valence-electron chi connectivity index (χ4n) is 3.95. The molecule has 0 aromatic rings. The molecule has 0 aromatic heterocycles. The maximum absolute atomic E-state index is 12.5. The zero-order valence-corrected chi connectivity index (χ0v) is 12.1. The first-order valence-electron chi connectivity index (χ1n) is 7.13. The molecule has 1 aliphatic carbocycles. The number of hydrogen-bond donors (Lipinski definition) is 0. The van der Waals surface area contributed by atoms with E-state index in [1.54, 1.807) is 0 Å². The number of carbonyl (C=O) groups is 1. The van der Waals surface area contributed by atoms with Gasteiger partial charge in [0.25, 0.3) is 0 Å². The van der Waals surface area contributed by atoms with Crippen molar-refractivity contribution in [2.45, 2.75) is 58.7 Å². The fraction of sp³-hybridized carbons (Fsp3) is 0.750. The van der Waals surface area contributed by atoms with E-state index in [4.69, 9.17) is 4.74 Å². The summed E-state index contributed by atoms with van der Waals surface area (Å²) in [5.41, 5.74) is -0.617. The molecule has 0 spiro atoms. The monoisotopic (exact) mass is 261 g/mol. The number of carbonyl (C=O) groups excluding carboxylic acids is 1. The van der Waals surface area contributed by atoms with Crippen molar-refractivity contribution in [2.24, 2.45) is 16.7 Å². The van der Waals surface area contributed by atoms with Gasteiger partial charge in [-0.1, -0.05) is 26.8 Å². The molecular formula is C16H23NO2. The van der Waals surface area contributed by atoms with E-state index in [9.17, 15) is 10.1 Å².